The van der Waals surface area contributed by atoms with Crippen LogP contribution in [0.5, 0.6) is 0 Å². The summed E-state index contributed by atoms with van der Waals surface area (Å²) in [7, 11) is -0.614. The van der Waals surface area contributed by atoms with Gasteiger partial charge < -0.3 is 10.6 Å². The third-order valence-electron chi connectivity index (χ3n) is 4.11. The van der Waals surface area contributed by atoms with Gasteiger partial charge in [-0.05, 0) is 42.7 Å². The van der Waals surface area contributed by atoms with E-state index in [0.717, 1.165) is 16.3 Å². The average molecular weight is 375 g/mol. The number of aryl methyl sites for hydroxylation is 1. The van der Waals surface area contributed by atoms with Crippen LogP contribution < -0.4 is 10.6 Å². The zero-order valence-electron chi connectivity index (χ0n) is 15.5. The van der Waals surface area contributed by atoms with Gasteiger partial charge in [0.25, 0.3) is 0 Å². The maximum Gasteiger partial charge on any atom is 0.319 e. The Morgan fingerprint density at radius 3 is 2.35 bits per heavy atom. The van der Waals surface area contributed by atoms with Crippen LogP contribution in [0.1, 0.15) is 31.0 Å². The Labute approximate surface area is 155 Å². The van der Waals surface area contributed by atoms with E-state index >= 15 is 0 Å². The molecule has 26 heavy (non-hydrogen) atoms. The number of nitrogens with one attached hydrogen (secondary N) is 2. The van der Waals surface area contributed by atoms with E-state index in [4.69, 9.17) is 0 Å². The maximum atomic E-state index is 12.2. The van der Waals surface area contributed by atoms with Crippen molar-refractivity contribution in [3.63, 3.8) is 0 Å². The molecular weight excluding hydrogens is 350 g/mol. The van der Waals surface area contributed by atoms with E-state index in [1.807, 2.05) is 31.2 Å². The van der Waals surface area contributed by atoms with E-state index in [2.05, 4.69) is 17.6 Å². The standard InChI is InChI=1S/C19H25N3O3S/c1-5-15-9-11-16(12-10-15)14(2)20-19(23)21-17-7-6-8-18(13-17)26(24,25)22(3)4/h6-14H,5H2,1-4H3,(H2,20,21,23)/t14-/m1/s1. The Morgan fingerprint density at radius 2 is 1.77 bits per heavy atom. The summed E-state index contributed by atoms with van der Waals surface area (Å²) >= 11 is 0. The number of amides is 2. The van der Waals surface area contributed by atoms with Crippen LogP contribution in [0.3, 0.4) is 0 Å². The minimum absolute atomic E-state index is 0.128. The number of benzene rings is 2. The minimum atomic E-state index is -3.55. The largest absolute Gasteiger partial charge is 0.331 e. The Balaban J connectivity index is 2.05. The molecule has 0 aliphatic heterocycles. The van der Waals surface area contributed by atoms with Crippen LogP contribution in [0, 0.1) is 0 Å². The number of carbonyl (C=O) groups excluding carboxylic acids is 1. The number of sulfonamides is 1. The molecule has 0 aliphatic rings. The Bertz CT molecular complexity index is 862. The van der Waals surface area contributed by atoms with Crippen LogP contribution in [0.4, 0.5) is 10.5 Å². The lowest BCUT2D eigenvalue weighted by Gasteiger charge is -2.16. The van der Waals surface area contributed by atoms with Gasteiger partial charge in [0.05, 0.1) is 10.9 Å². The second-order valence-electron chi connectivity index (χ2n) is 6.23. The third kappa shape index (κ3) is 4.83. The molecule has 0 saturated carbocycles. The zero-order valence-corrected chi connectivity index (χ0v) is 16.3. The zero-order chi connectivity index (χ0) is 19.3. The van der Waals surface area contributed by atoms with Crippen molar-refractivity contribution in [3.05, 3.63) is 59.7 Å². The van der Waals surface area contributed by atoms with Crippen LogP contribution in [0.25, 0.3) is 0 Å². The Kier molecular flexibility index (Phi) is 6.39. The lowest BCUT2D eigenvalue weighted by atomic mass is 10.1. The molecule has 6 nitrogen and oxygen atoms in total. The average Bonchev–Trinajstić information content (AvgIpc) is 2.61. The van der Waals surface area contributed by atoms with Crippen LogP contribution in [-0.4, -0.2) is 32.8 Å². The molecule has 2 aromatic carbocycles. The first kappa shape index (κ1) is 19.9. The van der Waals surface area contributed by atoms with Gasteiger partial charge in [-0.1, -0.05) is 37.3 Å². The van der Waals surface area contributed by atoms with Crippen molar-refractivity contribution in [2.75, 3.05) is 19.4 Å². The number of anilines is 1. The first-order valence-electron chi connectivity index (χ1n) is 8.43. The van der Waals surface area contributed by atoms with Gasteiger partial charge in [-0.15, -0.1) is 0 Å². The van der Waals surface area contributed by atoms with Gasteiger partial charge in [-0.2, -0.15) is 0 Å². The number of carbonyl (C=O) groups is 1. The smallest absolute Gasteiger partial charge is 0.319 e. The predicted octanol–water partition coefficient (Wildman–Crippen LogP) is 3.38. The summed E-state index contributed by atoms with van der Waals surface area (Å²) in [4.78, 5) is 12.4. The van der Waals surface area contributed by atoms with Gasteiger partial charge in [0.15, 0.2) is 0 Å². The normalized spacial score (nSPS) is 12.7. The maximum absolute atomic E-state index is 12.2. The summed E-state index contributed by atoms with van der Waals surface area (Å²) in [6.07, 6.45) is 0.967. The monoisotopic (exact) mass is 375 g/mol. The predicted molar refractivity (Wildman–Crippen MR) is 104 cm³/mol. The molecule has 0 saturated heterocycles. The van der Waals surface area contributed by atoms with Crippen molar-refractivity contribution >= 4 is 21.7 Å². The lowest BCUT2D eigenvalue weighted by Crippen LogP contribution is -2.31. The highest BCUT2D eigenvalue weighted by molar-refractivity contribution is 7.89. The van der Waals surface area contributed by atoms with E-state index < -0.39 is 16.1 Å². The molecule has 0 aliphatic carbocycles. The fourth-order valence-corrected chi connectivity index (χ4v) is 3.38. The fourth-order valence-electron chi connectivity index (χ4n) is 2.43. The molecule has 0 unspecified atom stereocenters. The molecule has 2 amide bonds. The molecule has 0 heterocycles. The van der Waals surface area contributed by atoms with E-state index in [-0.39, 0.29) is 10.9 Å². The molecule has 7 heteroatoms. The molecule has 0 bridgehead atoms. The third-order valence-corrected chi connectivity index (χ3v) is 5.92. The second-order valence-corrected chi connectivity index (χ2v) is 8.38. The highest BCUT2D eigenvalue weighted by Gasteiger charge is 2.18. The SMILES string of the molecule is CCc1ccc([C@@H](C)NC(=O)Nc2cccc(S(=O)(=O)N(C)C)c2)cc1. The summed E-state index contributed by atoms with van der Waals surface area (Å²) in [5, 5.41) is 5.54. The highest BCUT2D eigenvalue weighted by atomic mass is 32.2. The molecule has 0 radical (unpaired) electrons. The van der Waals surface area contributed by atoms with Crippen molar-refractivity contribution in [1.29, 1.82) is 0 Å². The number of hydrogen-bond acceptors (Lipinski definition) is 3. The van der Waals surface area contributed by atoms with Crippen molar-refractivity contribution in [2.24, 2.45) is 0 Å². The minimum Gasteiger partial charge on any atom is -0.331 e. The van der Waals surface area contributed by atoms with Crippen molar-refractivity contribution in [3.8, 4) is 0 Å². The molecule has 2 N–H and O–H groups in total. The fraction of sp³-hybridized carbons (Fsp3) is 0.316. The Morgan fingerprint density at radius 1 is 1.12 bits per heavy atom. The van der Waals surface area contributed by atoms with Gasteiger partial charge in [0, 0.05) is 19.8 Å². The summed E-state index contributed by atoms with van der Waals surface area (Å²) in [5.41, 5.74) is 2.66. The van der Waals surface area contributed by atoms with Crippen LogP contribution >= 0.6 is 0 Å². The van der Waals surface area contributed by atoms with E-state index in [0.29, 0.717) is 5.69 Å². The van der Waals surface area contributed by atoms with Crippen LogP contribution in [-0.2, 0) is 16.4 Å². The summed E-state index contributed by atoms with van der Waals surface area (Å²) < 4.78 is 25.5. The number of hydrogen-bond donors (Lipinski definition) is 2. The molecular formula is C19H25N3O3S. The van der Waals surface area contributed by atoms with Gasteiger partial charge in [-0.25, -0.2) is 17.5 Å². The van der Waals surface area contributed by atoms with E-state index in [1.54, 1.807) is 12.1 Å². The van der Waals surface area contributed by atoms with E-state index in [1.165, 1.54) is 31.8 Å². The van der Waals surface area contributed by atoms with Crippen molar-refractivity contribution < 1.29 is 13.2 Å². The van der Waals surface area contributed by atoms with Crippen LogP contribution in [0.2, 0.25) is 0 Å². The summed E-state index contributed by atoms with van der Waals surface area (Å²) in [5.74, 6) is 0. The van der Waals surface area contributed by atoms with E-state index in [9.17, 15) is 13.2 Å². The summed E-state index contributed by atoms with van der Waals surface area (Å²) in [6, 6.07) is 13.7. The highest BCUT2D eigenvalue weighted by Crippen LogP contribution is 2.18. The molecule has 2 rings (SSSR count). The number of urea groups is 1. The van der Waals surface area contributed by atoms with Gasteiger partial charge >= 0.3 is 6.03 Å². The van der Waals surface area contributed by atoms with Gasteiger partial charge in [0.1, 0.15) is 0 Å². The topological polar surface area (TPSA) is 78.5 Å². The number of nitrogens with zero attached hydrogens (tertiary/aromatic N) is 1. The second kappa shape index (κ2) is 8.33. The molecule has 0 fully saturated rings. The lowest BCUT2D eigenvalue weighted by molar-refractivity contribution is 0.249. The van der Waals surface area contributed by atoms with Crippen LogP contribution in [0.15, 0.2) is 53.4 Å². The van der Waals surface area contributed by atoms with Gasteiger partial charge in [-0.3, -0.25) is 0 Å². The molecule has 0 spiro atoms. The number of rotatable bonds is 6. The molecule has 2 aromatic rings. The van der Waals surface area contributed by atoms with Crippen molar-refractivity contribution in [2.45, 2.75) is 31.2 Å². The Hall–Kier alpha value is -2.38. The summed E-state index contributed by atoms with van der Waals surface area (Å²) in [6.45, 7) is 3.99. The molecule has 140 valence electrons. The molecule has 1 atom stereocenters. The van der Waals surface area contributed by atoms with Gasteiger partial charge in [0.2, 0.25) is 10.0 Å². The first-order chi connectivity index (χ1) is 12.2. The quantitative estimate of drug-likeness (QED) is 0.812. The first-order valence-corrected chi connectivity index (χ1v) is 9.87. The molecule has 0 aromatic heterocycles. The van der Waals surface area contributed by atoms with Crippen molar-refractivity contribution in [1.82, 2.24) is 9.62 Å².